The standard InChI is InChI=1S/C13H19NO3/c1-10-3-4-12(11(2)9-10)13(17)14(5-7-15)6-8-16/h3-4,9,15-16H,5-8H2,1-2H3. The fraction of sp³-hybridized carbons (Fsp3) is 0.462. The van der Waals surface area contributed by atoms with Crippen LogP contribution in [0.2, 0.25) is 0 Å². The maximum absolute atomic E-state index is 12.2. The fourth-order valence-electron chi connectivity index (χ4n) is 1.78. The van der Waals surface area contributed by atoms with Crippen LogP contribution in [0.1, 0.15) is 21.5 Å². The number of carbonyl (C=O) groups excluding carboxylic acids is 1. The molecule has 0 aliphatic heterocycles. The molecule has 1 aromatic carbocycles. The van der Waals surface area contributed by atoms with Crippen molar-refractivity contribution in [3.63, 3.8) is 0 Å². The van der Waals surface area contributed by atoms with Crippen molar-refractivity contribution in [3.8, 4) is 0 Å². The van der Waals surface area contributed by atoms with Gasteiger partial charge in [-0.1, -0.05) is 17.7 Å². The van der Waals surface area contributed by atoms with E-state index in [1.54, 1.807) is 6.07 Å². The molecule has 4 nitrogen and oxygen atoms in total. The van der Waals surface area contributed by atoms with Crippen molar-refractivity contribution in [2.75, 3.05) is 26.3 Å². The molecule has 0 aromatic heterocycles. The Bertz CT molecular complexity index is 384. The second-order valence-electron chi connectivity index (χ2n) is 4.06. The number of aryl methyl sites for hydroxylation is 2. The van der Waals surface area contributed by atoms with Gasteiger partial charge in [0.15, 0.2) is 0 Å². The van der Waals surface area contributed by atoms with Crippen LogP contribution in [0.25, 0.3) is 0 Å². The molecule has 0 fully saturated rings. The summed E-state index contributed by atoms with van der Waals surface area (Å²) in [4.78, 5) is 13.6. The number of amides is 1. The van der Waals surface area contributed by atoms with E-state index >= 15 is 0 Å². The normalized spacial score (nSPS) is 10.4. The highest BCUT2D eigenvalue weighted by Crippen LogP contribution is 2.13. The third kappa shape index (κ3) is 3.54. The molecule has 1 amide bonds. The van der Waals surface area contributed by atoms with Crippen LogP contribution in [0.3, 0.4) is 0 Å². The lowest BCUT2D eigenvalue weighted by Crippen LogP contribution is -2.36. The summed E-state index contributed by atoms with van der Waals surface area (Å²) in [5, 5.41) is 17.8. The van der Waals surface area contributed by atoms with Crippen LogP contribution >= 0.6 is 0 Å². The van der Waals surface area contributed by atoms with Crippen LogP contribution in [0.4, 0.5) is 0 Å². The Morgan fingerprint density at radius 1 is 1.18 bits per heavy atom. The van der Waals surface area contributed by atoms with Crippen LogP contribution in [0.5, 0.6) is 0 Å². The van der Waals surface area contributed by atoms with Gasteiger partial charge < -0.3 is 15.1 Å². The Morgan fingerprint density at radius 3 is 2.24 bits per heavy atom. The van der Waals surface area contributed by atoms with Crippen LogP contribution < -0.4 is 0 Å². The predicted octanol–water partition coefficient (Wildman–Crippen LogP) is 0.730. The van der Waals surface area contributed by atoms with Gasteiger partial charge in [0.2, 0.25) is 0 Å². The van der Waals surface area contributed by atoms with Gasteiger partial charge in [-0.3, -0.25) is 4.79 Å². The number of nitrogens with zero attached hydrogens (tertiary/aromatic N) is 1. The van der Waals surface area contributed by atoms with Gasteiger partial charge in [0.1, 0.15) is 0 Å². The van der Waals surface area contributed by atoms with Gasteiger partial charge in [-0.25, -0.2) is 0 Å². The van der Waals surface area contributed by atoms with E-state index in [9.17, 15) is 4.79 Å². The zero-order valence-corrected chi connectivity index (χ0v) is 10.3. The molecule has 4 heteroatoms. The van der Waals surface area contributed by atoms with Gasteiger partial charge in [-0.15, -0.1) is 0 Å². The van der Waals surface area contributed by atoms with Crippen molar-refractivity contribution in [2.45, 2.75) is 13.8 Å². The molecular weight excluding hydrogens is 218 g/mol. The molecule has 0 unspecified atom stereocenters. The molecule has 0 aliphatic rings. The summed E-state index contributed by atoms with van der Waals surface area (Å²) in [6.45, 7) is 4.14. The first-order valence-electron chi connectivity index (χ1n) is 5.68. The summed E-state index contributed by atoms with van der Waals surface area (Å²) >= 11 is 0. The minimum Gasteiger partial charge on any atom is -0.395 e. The predicted molar refractivity (Wildman–Crippen MR) is 66.0 cm³/mol. The van der Waals surface area contributed by atoms with Crippen molar-refractivity contribution in [3.05, 3.63) is 34.9 Å². The molecule has 0 saturated heterocycles. The highest BCUT2D eigenvalue weighted by Gasteiger charge is 2.16. The Balaban J connectivity index is 2.92. The SMILES string of the molecule is Cc1ccc(C(=O)N(CCO)CCO)c(C)c1. The number of rotatable bonds is 5. The lowest BCUT2D eigenvalue weighted by Gasteiger charge is -2.21. The molecule has 0 spiro atoms. The maximum Gasteiger partial charge on any atom is 0.254 e. The monoisotopic (exact) mass is 237 g/mol. The van der Waals surface area contributed by atoms with Gasteiger partial charge in [0.25, 0.3) is 5.91 Å². The fourth-order valence-corrected chi connectivity index (χ4v) is 1.78. The topological polar surface area (TPSA) is 60.8 Å². The Kier molecular flexibility index (Phi) is 5.12. The zero-order valence-electron chi connectivity index (χ0n) is 10.3. The van der Waals surface area contributed by atoms with E-state index in [0.717, 1.165) is 11.1 Å². The van der Waals surface area contributed by atoms with Crippen LogP contribution in [-0.2, 0) is 0 Å². The highest BCUT2D eigenvalue weighted by atomic mass is 16.3. The number of hydrogen-bond donors (Lipinski definition) is 2. The quantitative estimate of drug-likeness (QED) is 0.793. The Hall–Kier alpha value is -1.39. The van der Waals surface area contributed by atoms with Gasteiger partial charge in [0.05, 0.1) is 13.2 Å². The lowest BCUT2D eigenvalue weighted by atomic mass is 10.0. The van der Waals surface area contributed by atoms with Crippen molar-refractivity contribution in [1.29, 1.82) is 0 Å². The summed E-state index contributed by atoms with van der Waals surface area (Å²) in [6.07, 6.45) is 0. The molecule has 0 radical (unpaired) electrons. The van der Waals surface area contributed by atoms with Crippen LogP contribution in [0.15, 0.2) is 18.2 Å². The summed E-state index contributed by atoms with van der Waals surface area (Å²) < 4.78 is 0. The smallest absolute Gasteiger partial charge is 0.254 e. The van der Waals surface area contributed by atoms with Gasteiger partial charge in [0, 0.05) is 18.7 Å². The molecule has 2 N–H and O–H groups in total. The largest absolute Gasteiger partial charge is 0.395 e. The number of carbonyl (C=O) groups is 1. The summed E-state index contributed by atoms with van der Waals surface area (Å²) in [5.41, 5.74) is 2.64. The summed E-state index contributed by atoms with van der Waals surface area (Å²) in [6, 6.07) is 5.62. The van der Waals surface area contributed by atoms with E-state index in [-0.39, 0.29) is 32.2 Å². The third-order valence-electron chi connectivity index (χ3n) is 2.64. The third-order valence-corrected chi connectivity index (χ3v) is 2.64. The molecule has 0 saturated carbocycles. The first kappa shape index (κ1) is 13.7. The first-order chi connectivity index (χ1) is 8.10. The van der Waals surface area contributed by atoms with E-state index < -0.39 is 0 Å². The van der Waals surface area contributed by atoms with Crippen molar-refractivity contribution in [2.24, 2.45) is 0 Å². The molecule has 0 bridgehead atoms. The van der Waals surface area contributed by atoms with E-state index in [1.165, 1.54) is 4.90 Å². The second-order valence-corrected chi connectivity index (χ2v) is 4.06. The average molecular weight is 237 g/mol. The molecule has 0 aliphatic carbocycles. The molecule has 0 heterocycles. The molecule has 94 valence electrons. The van der Waals surface area contributed by atoms with Crippen LogP contribution in [0, 0.1) is 13.8 Å². The molecule has 17 heavy (non-hydrogen) atoms. The van der Waals surface area contributed by atoms with Gasteiger partial charge >= 0.3 is 0 Å². The minimum absolute atomic E-state index is 0.101. The summed E-state index contributed by atoms with van der Waals surface area (Å²) in [5.74, 6) is -0.148. The van der Waals surface area contributed by atoms with Gasteiger partial charge in [-0.2, -0.15) is 0 Å². The lowest BCUT2D eigenvalue weighted by molar-refractivity contribution is 0.0684. The molecule has 0 atom stereocenters. The van der Waals surface area contributed by atoms with Crippen LogP contribution in [-0.4, -0.2) is 47.3 Å². The number of aliphatic hydroxyl groups excluding tert-OH is 2. The zero-order chi connectivity index (χ0) is 12.8. The maximum atomic E-state index is 12.2. The van der Waals surface area contributed by atoms with Gasteiger partial charge in [-0.05, 0) is 25.5 Å². The second kappa shape index (κ2) is 6.37. The number of benzene rings is 1. The molecular formula is C13H19NO3. The minimum atomic E-state index is -0.148. The van der Waals surface area contributed by atoms with Crippen molar-refractivity contribution in [1.82, 2.24) is 4.90 Å². The highest BCUT2D eigenvalue weighted by molar-refractivity contribution is 5.95. The first-order valence-corrected chi connectivity index (χ1v) is 5.68. The van der Waals surface area contributed by atoms with E-state index in [2.05, 4.69) is 0 Å². The number of hydrogen-bond acceptors (Lipinski definition) is 3. The van der Waals surface area contributed by atoms with E-state index in [0.29, 0.717) is 5.56 Å². The number of aliphatic hydroxyl groups is 2. The molecule has 1 aromatic rings. The van der Waals surface area contributed by atoms with Crippen molar-refractivity contribution < 1.29 is 15.0 Å². The van der Waals surface area contributed by atoms with Crippen molar-refractivity contribution >= 4 is 5.91 Å². The van der Waals surface area contributed by atoms with E-state index in [4.69, 9.17) is 10.2 Å². The average Bonchev–Trinajstić information content (AvgIpc) is 2.28. The molecule has 1 rings (SSSR count). The summed E-state index contributed by atoms with van der Waals surface area (Å²) in [7, 11) is 0. The Labute approximate surface area is 101 Å². The van der Waals surface area contributed by atoms with E-state index in [1.807, 2.05) is 26.0 Å². The Morgan fingerprint density at radius 2 is 1.76 bits per heavy atom.